The minimum absolute atomic E-state index is 0.167. The molecule has 0 fully saturated rings. The maximum absolute atomic E-state index is 9.09. The van der Waals surface area contributed by atoms with Gasteiger partial charge in [0.05, 0.1) is 18.5 Å². The molecule has 0 amide bonds. The molecule has 0 saturated carbocycles. The zero-order valence-corrected chi connectivity index (χ0v) is 12.2. The molecule has 0 aliphatic rings. The molecule has 6 heteroatoms. The number of anilines is 1. The van der Waals surface area contributed by atoms with Gasteiger partial charge in [-0.25, -0.2) is 9.97 Å². The lowest BCUT2D eigenvalue weighted by atomic mass is 10.3. The number of rotatable bonds is 7. The summed E-state index contributed by atoms with van der Waals surface area (Å²) in [6, 6.07) is 2.03. The lowest BCUT2D eigenvalue weighted by Crippen LogP contribution is -2.28. The average molecular weight is 280 g/mol. The number of hydrogen-bond donors (Lipinski definition) is 2. The van der Waals surface area contributed by atoms with Crippen LogP contribution in [-0.2, 0) is 6.54 Å². The van der Waals surface area contributed by atoms with Crippen LogP contribution >= 0.6 is 11.3 Å². The van der Waals surface area contributed by atoms with E-state index >= 15 is 0 Å². The molecule has 0 atom stereocenters. The number of aliphatic hydroxyl groups is 1. The summed E-state index contributed by atoms with van der Waals surface area (Å²) in [5.41, 5.74) is 0. The van der Waals surface area contributed by atoms with Gasteiger partial charge in [-0.3, -0.25) is 4.90 Å². The van der Waals surface area contributed by atoms with Crippen LogP contribution in [0.3, 0.4) is 0 Å². The average Bonchev–Trinajstić information content (AvgIpc) is 2.86. The Labute approximate surface area is 117 Å². The van der Waals surface area contributed by atoms with Gasteiger partial charge in [0.1, 0.15) is 16.5 Å². The van der Waals surface area contributed by atoms with Gasteiger partial charge < -0.3 is 10.4 Å². The van der Waals surface area contributed by atoms with Crippen LogP contribution in [0.2, 0.25) is 0 Å². The third-order valence-electron chi connectivity index (χ3n) is 2.93. The predicted molar refractivity (Wildman–Crippen MR) is 79.6 cm³/mol. The van der Waals surface area contributed by atoms with E-state index in [0.29, 0.717) is 13.1 Å². The molecule has 0 radical (unpaired) electrons. The molecule has 2 N–H and O–H groups in total. The Morgan fingerprint density at radius 1 is 1.37 bits per heavy atom. The fourth-order valence-electron chi connectivity index (χ4n) is 2.09. The van der Waals surface area contributed by atoms with Crippen molar-refractivity contribution in [3.63, 3.8) is 0 Å². The number of aromatic nitrogens is 2. The molecule has 0 saturated heterocycles. The second-order valence-corrected chi connectivity index (χ2v) is 5.27. The van der Waals surface area contributed by atoms with Crippen molar-refractivity contribution in [1.82, 2.24) is 14.9 Å². The first kappa shape index (κ1) is 14.2. The molecule has 0 unspecified atom stereocenters. The summed E-state index contributed by atoms with van der Waals surface area (Å²) in [4.78, 5) is 12.3. The van der Waals surface area contributed by atoms with Crippen LogP contribution in [0.25, 0.3) is 10.2 Å². The summed E-state index contributed by atoms with van der Waals surface area (Å²) in [7, 11) is 1.88. The molecular weight excluding hydrogens is 260 g/mol. The topological polar surface area (TPSA) is 61.3 Å². The molecule has 0 aliphatic heterocycles. The highest BCUT2D eigenvalue weighted by Crippen LogP contribution is 2.24. The Balaban J connectivity index is 2.23. The summed E-state index contributed by atoms with van der Waals surface area (Å²) >= 11 is 1.63. The van der Waals surface area contributed by atoms with Crippen LogP contribution in [-0.4, -0.2) is 46.7 Å². The highest BCUT2D eigenvalue weighted by Gasteiger charge is 2.11. The van der Waals surface area contributed by atoms with Crippen molar-refractivity contribution >= 4 is 27.4 Å². The molecule has 2 heterocycles. The zero-order chi connectivity index (χ0) is 13.7. The van der Waals surface area contributed by atoms with Crippen molar-refractivity contribution in [2.24, 2.45) is 0 Å². The van der Waals surface area contributed by atoms with E-state index in [9.17, 15) is 0 Å². The number of hydrogen-bond acceptors (Lipinski definition) is 6. The van der Waals surface area contributed by atoms with Gasteiger partial charge in [0, 0.05) is 13.6 Å². The van der Waals surface area contributed by atoms with E-state index in [-0.39, 0.29) is 6.61 Å². The van der Waals surface area contributed by atoms with Gasteiger partial charge in [0.25, 0.3) is 0 Å². The van der Waals surface area contributed by atoms with E-state index < -0.39 is 0 Å². The van der Waals surface area contributed by atoms with Gasteiger partial charge in [-0.05, 0) is 24.4 Å². The first-order chi connectivity index (χ1) is 9.28. The van der Waals surface area contributed by atoms with E-state index in [1.165, 1.54) is 0 Å². The van der Waals surface area contributed by atoms with E-state index in [0.717, 1.165) is 34.8 Å². The third kappa shape index (κ3) is 3.40. The van der Waals surface area contributed by atoms with Gasteiger partial charge >= 0.3 is 0 Å². The van der Waals surface area contributed by atoms with Crippen LogP contribution in [0.5, 0.6) is 0 Å². The van der Waals surface area contributed by atoms with Crippen molar-refractivity contribution in [1.29, 1.82) is 0 Å². The summed E-state index contributed by atoms with van der Waals surface area (Å²) in [6.07, 6.45) is 1.06. The van der Waals surface area contributed by atoms with Crippen LogP contribution in [0, 0.1) is 0 Å². The summed E-state index contributed by atoms with van der Waals surface area (Å²) in [5.74, 6) is 1.68. The Morgan fingerprint density at radius 3 is 2.89 bits per heavy atom. The molecule has 19 heavy (non-hydrogen) atoms. The minimum atomic E-state index is 0.167. The van der Waals surface area contributed by atoms with Gasteiger partial charge in [-0.2, -0.15) is 0 Å². The Bertz CT molecular complexity index is 522. The minimum Gasteiger partial charge on any atom is -0.395 e. The number of aliphatic hydroxyl groups excluding tert-OH is 1. The second kappa shape index (κ2) is 6.79. The normalized spacial score (nSPS) is 11.4. The Hall–Kier alpha value is -1.24. The lowest BCUT2D eigenvalue weighted by molar-refractivity contribution is 0.187. The summed E-state index contributed by atoms with van der Waals surface area (Å²) < 4.78 is 0. The molecule has 0 aliphatic carbocycles. The zero-order valence-electron chi connectivity index (χ0n) is 11.4. The molecule has 0 bridgehead atoms. The van der Waals surface area contributed by atoms with Crippen LogP contribution in [0.15, 0.2) is 11.4 Å². The number of nitrogens with zero attached hydrogens (tertiary/aromatic N) is 3. The van der Waals surface area contributed by atoms with Gasteiger partial charge in [-0.15, -0.1) is 11.3 Å². The van der Waals surface area contributed by atoms with Gasteiger partial charge in [0.2, 0.25) is 0 Å². The SMILES string of the molecule is CCCN(CCO)Cc1nc(NC)c2ccsc2n1. The quantitative estimate of drug-likeness (QED) is 0.811. The molecule has 0 spiro atoms. The fraction of sp³-hybridized carbons (Fsp3) is 0.538. The van der Waals surface area contributed by atoms with Crippen molar-refractivity contribution < 1.29 is 5.11 Å². The Kier molecular flexibility index (Phi) is 5.07. The second-order valence-electron chi connectivity index (χ2n) is 4.38. The van der Waals surface area contributed by atoms with Crippen molar-refractivity contribution in [3.05, 3.63) is 17.3 Å². The van der Waals surface area contributed by atoms with Crippen LogP contribution in [0.4, 0.5) is 5.82 Å². The van der Waals surface area contributed by atoms with Crippen LogP contribution in [0.1, 0.15) is 19.2 Å². The molecule has 2 aromatic heterocycles. The molecular formula is C13H20N4OS. The maximum Gasteiger partial charge on any atom is 0.146 e. The standard InChI is InChI=1S/C13H20N4OS/c1-3-5-17(6-7-18)9-11-15-12(14-2)10-4-8-19-13(10)16-11/h4,8,18H,3,5-7,9H2,1-2H3,(H,14,15,16). The molecule has 104 valence electrons. The van der Waals surface area contributed by atoms with Gasteiger partial charge in [0.15, 0.2) is 0 Å². The highest BCUT2D eigenvalue weighted by molar-refractivity contribution is 7.16. The molecule has 5 nitrogen and oxygen atoms in total. The third-order valence-corrected chi connectivity index (χ3v) is 3.74. The first-order valence-electron chi connectivity index (χ1n) is 6.53. The highest BCUT2D eigenvalue weighted by atomic mass is 32.1. The maximum atomic E-state index is 9.09. The smallest absolute Gasteiger partial charge is 0.146 e. The first-order valence-corrected chi connectivity index (χ1v) is 7.41. The summed E-state index contributed by atoms with van der Waals surface area (Å²) in [6.45, 7) is 4.58. The van der Waals surface area contributed by atoms with Gasteiger partial charge in [-0.1, -0.05) is 6.92 Å². The van der Waals surface area contributed by atoms with E-state index in [1.807, 2.05) is 18.5 Å². The number of thiophene rings is 1. The molecule has 2 aromatic rings. The van der Waals surface area contributed by atoms with Crippen molar-refractivity contribution in [2.75, 3.05) is 32.1 Å². The monoisotopic (exact) mass is 280 g/mol. The van der Waals surface area contributed by atoms with E-state index in [2.05, 4.69) is 27.1 Å². The van der Waals surface area contributed by atoms with Crippen molar-refractivity contribution in [2.45, 2.75) is 19.9 Å². The largest absolute Gasteiger partial charge is 0.395 e. The fourth-order valence-corrected chi connectivity index (χ4v) is 2.87. The Morgan fingerprint density at radius 2 is 2.21 bits per heavy atom. The molecule has 0 aromatic carbocycles. The van der Waals surface area contributed by atoms with E-state index in [1.54, 1.807) is 11.3 Å². The van der Waals surface area contributed by atoms with Crippen LogP contribution < -0.4 is 5.32 Å². The number of nitrogens with one attached hydrogen (secondary N) is 1. The summed E-state index contributed by atoms with van der Waals surface area (Å²) in [5, 5.41) is 15.3. The molecule has 2 rings (SSSR count). The van der Waals surface area contributed by atoms with E-state index in [4.69, 9.17) is 5.11 Å². The predicted octanol–water partition coefficient (Wildman–Crippen LogP) is 1.94. The number of fused-ring (bicyclic) bond motifs is 1. The van der Waals surface area contributed by atoms with Crippen molar-refractivity contribution in [3.8, 4) is 0 Å². The lowest BCUT2D eigenvalue weighted by Gasteiger charge is -2.19.